The van der Waals surface area contributed by atoms with Crippen LogP contribution in [0.1, 0.15) is 18.4 Å². The van der Waals surface area contributed by atoms with Gasteiger partial charge < -0.3 is 10.2 Å². The SMILES string of the molecule is O=C(Nc1ccc2cn[nH]c2c1)C(=O)N1CCC(Cc2ccc(F)cc2)CC1. The zero-order chi connectivity index (χ0) is 19.5. The lowest BCUT2D eigenvalue weighted by Gasteiger charge is -2.31. The number of amides is 2. The lowest BCUT2D eigenvalue weighted by atomic mass is 9.90. The van der Waals surface area contributed by atoms with E-state index in [4.69, 9.17) is 0 Å². The van der Waals surface area contributed by atoms with Crippen molar-refractivity contribution in [3.8, 4) is 0 Å². The summed E-state index contributed by atoms with van der Waals surface area (Å²) in [6, 6.07) is 11.9. The van der Waals surface area contributed by atoms with Crippen molar-refractivity contribution in [2.45, 2.75) is 19.3 Å². The first-order valence-corrected chi connectivity index (χ1v) is 9.36. The van der Waals surface area contributed by atoms with E-state index in [0.29, 0.717) is 24.7 Å². The van der Waals surface area contributed by atoms with Crippen LogP contribution < -0.4 is 5.32 Å². The standard InChI is InChI=1S/C21H21FN4O2/c22-17-4-1-14(2-5-17)11-15-7-9-26(10-8-15)21(28)20(27)24-18-6-3-16-13-23-25-19(16)12-18/h1-6,12-13,15H,7-11H2,(H,23,25)(H,24,27). The lowest BCUT2D eigenvalue weighted by Crippen LogP contribution is -2.44. The first-order chi connectivity index (χ1) is 13.6. The largest absolute Gasteiger partial charge is 0.334 e. The molecule has 1 aliphatic rings. The Balaban J connectivity index is 1.30. The number of nitrogens with one attached hydrogen (secondary N) is 2. The van der Waals surface area contributed by atoms with Crippen molar-refractivity contribution >= 4 is 28.4 Å². The summed E-state index contributed by atoms with van der Waals surface area (Å²) in [6.45, 7) is 1.11. The molecule has 6 nitrogen and oxygen atoms in total. The first-order valence-electron chi connectivity index (χ1n) is 9.36. The highest BCUT2D eigenvalue weighted by molar-refractivity contribution is 6.39. The molecule has 0 radical (unpaired) electrons. The van der Waals surface area contributed by atoms with E-state index in [1.54, 1.807) is 35.4 Å². The van der Waals surface area contributed by atoms with Gasteiger partial charge in [0.05, 0.1) is 11.7 Å². The van der Waals surface area contributed by atoms with Crippen molar-refractivity contribution < 1.29 is 14.0 Å². The fourth-order valence-electron chi connectivity index (χ4n) is 3.64. The Bertz CT molecular complexity index is 991. The summed E-state index contributed by atoms with van der Waals surface area (Å²) in [5, 5.41) is 10.4. The van der Waals surface area contributed by atoms with E-state index in [-0.39, 0.29) is 5.82 Å². The van der Waals surface area contributed by atoms with Crippen LogP contribution in [0.5, 0.6) is 0 Å². The van der Waals surface area contributed by atoms with Crippen molar-refractivity contribution in [3.05, 3.63) is 60.0 Å². The molecule has 0 unspecified atom stereocenters. The second kappa shape index (κ2) is 7.80. The molecule has 28 heavy (non-hydrogen) atoms. The molecule has 1 aliphatic heterocycles. The maximum Gasteiger partial charge on any atom is 0.313 e. The number of nitrogens with zero attached hydrogens (tertiary/aromatic N) is 2. The van der Waals surface area contributed by atoms with Gasteiger partial charge >= 0.3 is 11.8 Å². The number of hydrogen-bond acceptors (Lipinski definition) is 3. The average molecular weight is 380 g/mol. The number of H-pyrrole nitrogens is 1. The molecule has 2 N–H and O–H groups in total. The smallest absolute Gasteiger partial charge is 0.313 e. The Labute approximate surface area is 161 Å². The van der Waals surface area contributed by atoms with Gasteiger partial charge in [0, 0.05) is 24.2 Å². The van der Waals surface area contributed by atoms with Crippen LogP contribution in [0.4, 0.5) is 10.1 Å². The van der Waals surface area contributed by atoms with Gasteiger partial charge in [0.1, 0.15) is 5.82 Å². The molecule has 1 saturated heterocycles. The molecule has 2 heterocycles. The molecular weight excluding hydrogens is 359 g/mol. The number of likely N-dealkylation sites (tertiary alicyclic amines) is 1. The van der Waals surface area contributed by atoms with Crippen molar-refractivity contribution in [2.75, 3.05) is 18.4 Å². The van der Waals surface area contributed by atoms with Crippen molar-refractivity contribution in [1.29, 1.82) is 0 Å². The van der Waals surface area contributed by atoms with Gasteiger partial charge in [0.2, 0.25) is 0 Å². The molecule has 7 heteroatoms. The van der Waals surface area contributed by atoms with Crippen LogP contribution in [-0.2, 0) is 16.0 Å². The fraction of sp³-hybridized carbons (Fsp3) is 0.286. The summed E-state index contributed by atoms with van der Waals surface area (Å²) in [7, 11) is 0. The molecule has 3 aromatic rings. The van der Waals surface area contributed by atoms with E-state index in [1.807, 2.05) is 6.07 Å². The summed E-state index contributed by atoms with van der Waals surface area (Å²) >= 11 is 0. The fourth-order valence-corrected chi connectivity index (χ4v) is 3.64. The number of aromatic nitrogens is 2. The predicted molar refractivity (Wildman–Crippen MR) is 104 cm³/mol. The number of fused-ring (bicyclic) bond motifs is 1. The second-order valence-electron chi connectivity index (χ2n) is 7.19. The molecule has 4 rings (SSSR count). The van der Waals surface area contributed by atoms with E-state index < -0.39 is 11.8 Å². The predicted octanol–water partition coefficient (Wildman–Crippen LogP) is 3.12. The normalized spacial score (nSPS) is 15.0. The van der Waals surface area contributed by atoms with Crippen molar-refractivity contribution in [2.24, 2.45) is 5.92 Å². The highest BCUT2D eigenvalue weighted by Crippen LogP contribution is 2.22. The molecular formula is C21H21FN4O2. The molecule has 0 saturated carbocycles. The summed E-state index contributed by atoms with van der Waals surface area (Å²) < 4.78 is 13.0. The van der Waals surface area contributed by atoms with Gasteiger partial charge in [-0.05, 0) is 61.1 Å². The van der Waals surface area contributed by atoms with Crippen LogP contribution in [0.3, 0.4) is 0 Å². The third kappa shape index (κ3) is 4.03. The summed E-state index contributed by atoms with van der Waals surface area (Å²) in [5.41, 5.74) is 2.45. The van der Waals surface area contributed by atoms with Gasteiger partial charge in [0.15, 0.2) is 0 Å². The van der Waals surface area contributed by atoms with Crippen molar-refractivity contribution in [3.63, 3.8) is 0 Å². The maximum atomic E-state index is 13.0. The van der Waals surface area contributed by atoms with Crippen LogP contribution in [0.2, 0.25) is 0 Å². The summed E-state index contributed by atoms with van der Waals surface area (Å²) in [5.74, 6) is -0.942. The molecule has 2 amide bonds. The molecule has 1 fully saturated rings. The van der Waals surface area contributed by atoms with Crippen LogP contribution in [0.25, 0.3) is 10.9 Å². The van der Waals surface area contributed by atoms with E-state index in [1.165, 1.54) is 12.1 Å². The highest BCUT2D eigenvalue weighted by atomic mass is 19.1. The van der Waals surface area contributed by atoms with E-state index in [2.05, 4.69) is 15.5 Å². The number of carbonyl (C=O) groups excluding carboxylic acids is 2. The van der Waals surface area contributed by atoms with E-state index in [9.17, 15) is 14.0 Å². The number of piperidine rings is 1. The Morgan fingerprint density at radius 3 is 2.64 bits per heavy atom. The number of carbonyl (C=O) groups is 2. The number of rotatable bonds is 3. The molecule has 0 atom stereocenters. The lowest BCUT2D eigenvalue weighted by molar-refractivity contribution is -0.144. The van der Waals surface area contributed by atoms with Crippen LogP contribution in [0.15, 0.2) is 48.7 Å². The van der Waals surface area contributed by atoms with Crippen molar-refractivity contribution in [1.82, 2.24) is 15.1 Å². The number of anilines is 1. The van der Waals surface area contributed by atoms with Gasteiger partial charge in [-0.25, -0.2) is 4.39 Å². The number of benzene rings is 2. The number of halogens is 1. The number of aromatic amines is 1. The molecule has 2 aromatic carbocycles. The van der Waals surface area contributed by atoms with Gasteiger partial charge in [-0.1, -0.05) is 12.1 Å². The highest BCUT2D eigenvalue weighted by Gasteiger charge is 2.27. The number of hydrogen-bond donors (Lipinski definition) is 2. The minimum atomic E-state index is -0.629. The minimum absolute atomic E-state index is 0.234. The van der Waals surface area contributed by atoms with Gasteiger partial charge in [-0.15, -0.1) is 0 Å². The third-order valence-corrected chi connectivity index (χ3v) is 5.23. The third-order valence-electron chi connectivity index (χ3n) is 5.23. The monoisotopic (exact) mass is 380 g/mol. The Kier molecular flexibility index (Phi) is 5.06. The topological polar surface area (TPSA) is 78.1 Å². The summed E-state index contributed by atoms with van der Waals surface area (Å²) in [4.78, 5) is 26.4. The molecule has 0 aliphatic carbocycles. The quantitative estimate of drug-likeness (QED) is 0.686. The Hall–Kier alpha value is -3.22. The minimum Gasteiger partial charge on any atom is -0.334 e. The zero-order valence-electron chi connectivity index (χ0n) is 15.3. The van der Waals surface area contributed by atoms with Gasteiger partial charge in [-0.2, -0.15) is 5.10 Å². The summed E-state index contributed by atoms with van der Waals surface area (Å²) in [6.07, 6.45) is 4.22. The molecule has 144 valence electrons. The zero-order valence-corrected chi connectivity index (χ0v) is 15.3. The average Bonchev–Trinajstić information content (AvgIpc) is 3.17. The Morgan fingerprint density at radius 1 is 1.14 bits per heavy atom. The van der Waals surface area contributed by atoms with E-state index in [0.717, 1.165) is 35.7 Å². The van der Waals surface area contributed by atoms with Crippen LogP contribution >= 0.6 is 0 Å². The van der Waals surface area contributed by atoms with Crippen LogP contribution in [-0.4, -0.2) is 40.0 Å². The molecule has 1 aromatic heterocycles. The van der Waals surface area contributed by atoms with Crippen LogP contribution in [0, 0.1) is 11.7 Å². The Morgan fingerprint density at radius 2 is 1.89 bits per heavy atom. The van der Waals surface area contributed by atoms with E-state index >= 15 is 0 Å². The molecule has 0 bridgehead atoms. The van der Waals surface area contributed by atoms with Gasteiger partial charge in [-0.3, -0.25) is 14.7 Å². The van der Waals surface area contributed by atoms with Gasteiger partial charge in [0.25, 0.3) is 0 Å². The first kappa shape index (κ1) is 18.2. The maximum absolute atomic E-state index is 13.0. The second-order valence-corrected chi connectivity index (χ2v) is 7.19. The molecule has 0 spiro atoms.